The molecule has 26 heavy (non-hydrogen) atoms. The summed E-state index contributed by atoms with van der Waals surface area (Å²) >= 11 is 0. The lowest BCUT2D eigenvalue weighted by Crippen LogP contribution is -2.41. The molecule has 0 saturated heterocycles. The Morgan fingerprint density at radius 1 is 1.42 bits per heavy atom. The predicted molar refractivity (Wildman–Crippen MR) is 96.8 cm³/mol. The number of nitrogens with one attached hydrogen (secondary N) is 1. The zero-order valence-electron chi connectivity index (χ0n) is 15.0. The number of aliphatic hydroxyl groups excluding tert-OH is 1. The van der Waals surface area contributed by atoms with E-state index in [1.807, 2.05) is 31.3 Å². The van der Waals surface area contributed by atoms with Crippen LogP contribution in [-0.4, -0.2) is 33.5 Å². The number of fused-ring (bicyclic) bond motifs is 1. The standard InChI is InChI=1S/C20H25N3O3/c1-13-4-7-23(22-13)8-5-19(25)21-20(16-11-17(24)12-16)15-2-3-18-14(10-15)6-9-26-18/h2-4,7,10,16-17,20,24H,5-6,8-9,11-12H2,1H3,(H,21,25)/t16?,17?,20-/m1/s1. The van der Waals surface area contributed by atoms with Gasteiger partial charge in [0.2, 0.25) is 5.91 Å². The molecule has 1 amide bonds. The molecule has 1 aromatic heterocycles. The Bertz CT molecular complexity index is 795. The molecule has 0 spiro atoms. The maximum absolute atomic E-state index is 12.5. The number of benzene rings is 1. The second-order valence-corrected chi connectivity index (χ2v) is 7.37. The molecule has 2 N–H and O–H groups in total. The number of nitrogens with zero attached hydrogens (tertiary/aromatic N) is 2. The predicted octanol–water partition coefficient (Wildman–Crippen LogP) is 2.14. The van der Waals surface area contributed by atoms with Crippen LogP contribution in [0.25, 0.3) is 0 Å². The summed E-state index contributed by atoms with van der Waals surface area (Å²) in [5.41, 5.74) is 3.26. The molecule has 6 nitrogen and oxygen atoms in total. The summed E-state index contributed by atoms with van der Waals surface area (Å²) in [6.45, 7) is 3.23. The molecular weight excluding hydrogens is 330 g/mol. The van der Waals surface area contributed by atoms with E-state index in [1.165, 1.54) is 5.56 Å². The Labute approximate surface area is 153 Å². The van der Waals surface area contributed by atoms with Crippen molar-refractivity contribution in [2.45, 2.75) is 51.3 Å². The third kappa shape index (κ3) is 3.60. The number of carbonyl (C=O) groups excluding carboxylic acids is 1. The molecule has 1 aliphatic heterocycles. The van der Waals surface area contributed by atoms with Gasteiger partial charge in [-0.1, -0.05) is 6.07 Å². The van der Waals surface area contributed by atoms with Crippen molar-refractivity contribution in [3.8, 4) is 5.75 Å². The Kier molecular flexibility index (Phi) is 4.68. The van der Waals surface area contributed by atoms with Crippen molar-refractivity contribution in [2.24, 2.45) is 5.92 Å². The summed E-state index contributed by atoms with van der Waals surface area (Å²) in [6, 6.07) is 8.06. The van der Waals surface area contributed by atoms with Crippen LogP contribution >= 0.6 is 0 Å². The highest BCUT2D eigenvalue weighted by Gasteiger charge is 2.36. The van der Waals surface area contributed by atoms with E-state index in [0.717, 1.165) is 42.9 Å². The Morgan fingerprint density at radius 3 is 3.00 bits per heavy atom. The highest BCUT2D eigenvalue weighted by molar-refractivity contribution is 5.76. The smallest absolute Gasteiger partial charge is 0.222 e. The van der Waals surface area contributed by atoms with Crippen LogP contribution in [-0.2, 0) is 17.8 Å². The second-order valence-electron chi connectivity index (χ2n) is 7.37. The van der Waals surface area contributed by atoms with E-state index in [0.29, 0.717) is 13.0 Å². The van der Waals surface area contributed by atoms with Gasteiger partial charge in [0.05, 0.1) is 24.4 Å². The zero-order valence-corrected chi connectivity index (χ0v) is 15.0. The van der Waals surface area contributed by atoms with Gasteiger partial charge in [-0.25, -0.2) is 0 Å². The van der Waals surface area contributed by atoms with Crippen LogP contribution in [0.3, 0.4) is 0 Å². The summed E-state index contributed by atoms with van der Waals surface area (Å²) < 4.78 is 7.38. The minimum Gasteiger partial charge on any atom is -0.493 e. The second kappa shape index (κ2) is 7.11. The van der Waals surface area contributed by atoms with E-state index in [1.54, 1.807) is 4.68 Å². The topological polar surface area (TPSA) is 76.4 Å². The van der Waals surface area contributed by atoms with Gasteiger partial charge in [0.25, 0.3) is 0 Å². The number of hydrogen-bond donors (Lipinski definition) is 2. The maximum atomic E-state index is 12.5. The number of carbonyl (C=O) groups is 1. The number of rotatable bonds is 6. The Hall–Kier alpha value is -2.34. The molecule has 1 atom stereocenters. The van der Waals surface area contributed by atoms with E-state index in [2.05, 4.69) is 16.5 Å². The number of ether oxygens (including phenoxy) is 1. The average molecular weight is 355 g/mol. The van der Waals surface area contributed by atoms with E-state index in [9.17, 15) is 9.90 Å². The quantitative estimate of drug-likeness (QED) is 0.832. The lowest BCUT2D eigenvalue weighted by molar-refractivity contribution is -0.123. The van der Waals surface area contributed by atoms with Crippen molar-refractivity contribution < 1.29 is 14.6 Å². The van der Waals surface area contributed by atoms with Crippen molar-refractivity contribution in [1.29, 1.82) is 0 Å². The van der Waals surface area contributed by atoms with Gasteiger partial charge in [-0.2, -0.15) is 5.10 Å². The highest BCUT2D eigenvalue weighted by Crippen LogP contribution is 2.39. The normalized spacial score (nSPS) is 22.2. The van der Waals surface area contributed by atoms with Gasteiger partial charge in [0, 0.05) is 25.6 Å². The van der Waals surface area contributed by atoms with Gasteiger partial charge in [0.15, 0.2) is 0 Å². The molecule has 2 aromatic rings. The summed E-state index contributed by atoms with van der Waals surface area (Å²) in [5, 5.41) is 17.2. The fraction of sp³-hybridized carbons (Fsp3) is 0.500. The van der Waals surface area contributed by atoms with Crippen molar-refractivity contribution in [1.82, 2.24) is 15.1 Å². The molecule has 2 heterocycles. The maximum Gasteiger partial charge on any atom is 0.222 e. The number of aryl methyl sites for hydroxylation is 2. The van der Waals surface area contributed by atoms with Gasteiger partial charge in [-0.15, -0.1) is 0 Å². The van der Waals surface area contributed by atoms with Crippen molar-refractivity contribution in [3.63, 3.8) is 0 Å². The molecule has 1 saturated carbocycles. The van der Waals surface area contributed by atoms with Gasteiger partial charge in [-0.3, -0.25) is 9.48 Å². The first kappa shape index (κ1) is 17.1. The Morgan fingerprint density at radius 2 is 2.27 bits per heavy atom. The minimum absolute atomic E-state index is 0.0151. The SMILES string of the molecule is Cc1ccn(CCC(=O)N[C@H](c2ccc3c(c2)CCO3)C2CC(O)C2)n1. The zero-order chi connectivity index (χ0) is 18.1. The summed E-state index contributed by atoms with van der Waals surface area (Å²) in [6.07, 6.45) is 4.41. The van der Waals surface area contributed by atoms with Crippen LogP contribution in [0.1, 0.15) is 42.1 Å². The summed E-state index contributed by atoms with van der Waals surface area (Å²) in [4.78, 5) is 12.5. The first-order valence-electron chi connectivity index (χ1n) is 9.31. The molecule has 1 aliphatic carbocycles. The third-order valence-corrected chi connectivity index (χ3v) is 5.35. The van der Waals surface area contributed by atoms with E-state index in [4.69, 9.17) is 4.74 Å². The van der Waals surface area contributed by atoms with Crippen LogP contribution in [0.2, 0.25) is 0 Å². The summed E-state index contributed by atoms with van der Waals surface area (Å²) in [7, 11) is 0. The summed E-state index contributed by atoms with van der Waals surface area (Å²) in [5.74, 6) is 1.24. The fourth-order valence-corrected chi connectivity index (χ4v) is 3.82. The molecule has 138 valence electrons. The number of aliphatic hydroxyl groups is 1. The van der Waals surface area contributed by atoms with Gasteiger partial charge >= 0.3 is 0 Å². The van der Waals surface area contributed by atoms with Crippen LogP contribution in [0.5, 0.6) is 5.75 Å². The first-order chi connectivity index (χ1) is 12.6. The van der Waals surface area contributed by atoms with E-state index in [-0.39, 0.29) is 24.0 Å². The molecule has 6 heteroatoms. The third-order valence-electron chi connectivity index (χ3n) is 5.35. The fourth-order valence-electron chi connectivity index (χ4n) is 3.82. The van der Waals surface area contributed by atoms with Gasteiger partial charge in [0.1, 0.15) is 5.75 Å². The van der Waals surface area contributed by atoms with Crippen molar-refractivity contribution in [3.05, 3.63) is 47.3 Å². The van der Waals surface area contributed by atoms with Gasteiger partial charge in [-0.05, 0) is 55.0 Å². The van der Waals surface area contributed by atoms with Crippen LogP contribution in [0.15, 0.2) is 30.5 Å². The number of amides is 1. The first-order valence-corrected chi connectivity index (χ1v) is 9.31. The van der Waals surface area contributed by atoms with Crippen molar-refractivity contribution in [2.75, 3.05) is 6.61 Å². The average Bonchev–Trinajstić information content (AvgIpc) is 3.23. The van der Waals surface area contributed by atoms with Crippen LogP contribution in [0.4, 0.5) is 0 Å². The molecule has 0 unspecified atom stereocenters. The Balaban J connectivity index is 1.44. The number of hydrogen-bond acceptors (Lipinski definition) is 4. The molecule has 4 rings (SSSR count). The van der Waals surface area contributed by atoms with Gasteiger partial charge < -0.3 is 15.2 Å². The largest absolute Gasteiger partial charge is 0.493 e. The monoisotopic (exact) mass is 355 g/mol. The highest BCUT2D eigenvalue weighted by atomic mass is 16.5. The molecule has 1 fully saturated rings. The number of aromatic nitrogens is 2. The lowest BCUT2D eigenvalue weighted by Gasteiger charge is -2.38. The van der Waals surface area contributed by atoms with Crippen molar-refractivity contribution >= 4 is 5.91 Å². The lowest BCUT2D eigenvalue weighted by atomic mass is 9.75. The molecule has 2 aliphatic rings. The molecular formula is C20H25N3O3. The minimum atomic E-state index is -0.246. The van der Waals surface area contributed by atoms with E-state index >= 15 is 0 Å². The van der Waals surface area contributed by atoms with Crippen LogP contribution < -0.4 is 10.1 Å². The molecule has 0 bridgehead atoms. The molecule has 1 aromatic carbocycles. The molecule has 0 radical (unpaired) electrons. The van der Waals surface area contributed by atoms with Crippen LogP contribution in [0, 0.1) is 12.8 Å². The van der Waals surface area contributed by atoms with E-state index < -0.39 is 0 Å².